The van der Waals surface area contributed by atoms with E-state index in [2.05, 4.69) is 10.6 Å². The molecule has 1 aliphatic heterocycles. The van der Waals surface area contributed by atoms with Gasteiger partial charge in [-0.3, -0.25) is 0 Å². The van der Waals surface area contributed by atoms with E-state index in [1.807, 2.05) is 0 Å². The van der Waals surface area contributed by atoms with Crippen LogP contribution in [0.3, 0.4) is 0 Å². The fourth-order valence-corrected chi connectivity index (χ4v) is 1.50. The lowest BCUT2D eigenvalue weighted by molar-refractivity contribution is 0.324. The van der Waals surface area contributed by atoms with Crippen LogP contribution in [0.4, 0.5) is 0 Å². The van der Waals surface area contributed by atoms with E-state index in [0.29, 0.717) is 5.92 Å². The molecular weight excluding hydrogens is 178 g/mol. The zero-order valence-corrected chi connectivity index (χ0v) is 7.73. The number of rotatable bonds is 5. The van der Waals surface area contributed by atoms with E-state index in [1.54, 1.807) is 0 Å². The normalized spacial score (nSPS) is 19.1. The van der Waals surface area contributed by atoms with Crippen LogP contribution in [0.25, 0.3) is 0 Å². The maximum atomic E-state index is 10.5. The van der Waals surface area contributed by atoms with Gasteiger partial charge in [0.2, 0.25) is 10.0 Å². The molecule has 72 valence electrons. The van der Waals surface area contributed by atoms with Crippen molar-refractivity contribution in [2.45, 2.75) is 6.42 Å². The Kier molecular flexibility index (Phi) is 3.45. The second-order valence-corrected chi connectivity index (χ2v) is 4.73. The molecule has 6 heteroatoms. The van der Waals surface area contributed by atoms with Gasteiger partial charge in [-0.25, -0.2) is 13.6 Å². The van der Waals surface area contributed by atoms with Crippen molar-refractivity contribution < 1.29 is 8.42 Å². The molecule has 0 radical (unpaired) electrons. The van der Waals surface area contributed by atoms with Crippen LogP contribution in [0, 0.1) is 5.92 Å². The van der Waals surface area contributed by atoms with Gasteiger partial charge in [-0.1, -0.05) is 0 Å². The molecule has 0 unspecified atom stereocenters. The highest BCUT2D eigenvalue weighted by Gasteiger charge is 2.15. The third kappa shape index (κ3) is 4.01. The Morgan fingerprint density at radius 3 is 2.58 bits per heavy atom. The number of nitrogens with two attached hydrogens (primary N) is 1. The summed E-state index contributed by atoms with van der Waals surface area (Å²) in [5.41, 5.74) is 0. The minimum absolute atomic E-state index is 0.118. The molecule has 4 N–H and O–H groups in total. The smallest absolute Gasteiger partial charge is 0.222 e. The first-order chi connectivity index (χ1) is 5.58. The Labute approximate surface area is 72.8 Å². The molecule has 1 rings (SSSR count). The standard InChI is InChI=1S/C6H15N3O2S/c7-12(10,11)5-8-2-1-6-3-9-4-6/h6,8-9H,1-5H2,(H2,7,10,11). The topological polar surface area (TPSA) is 84.2 Å². The van der Waals surface area contributed by atoms with Crippen LogP contribution in [-0.4, -0.2) is 33.9 Å². The van der Waals surface area contributed by atoms with E-state index in [-0.39, 0.29) is 5.88 Å². The van der Waals surface area contributed by atoms with Gasteiger partial charge in [-0.15, -0.1) is 0 Å². The van der Waals surface area contributed by atoms with Gasteiger partial charge in [-0.05, 0) is 32.0 Å². The van der Waals surface area contributed by atoms with Gasteiger partial charge in [-0.2, -0.15) is 0 Å². The van der Waals surface area contributed by atoms with E-state index in [0.717, 1.165) is 26.1 Å². The Hall–Kier alpha value is -0.170. The number of primary sulfonamides is 1. The van der Waals surface area contributed by atoms with E-state index in [9.17, 15) is 8.42 Å². The molecule has 0 amide bonds. The Bertz CT molecular complexity index is 223. The van der Waals surface area contributed by atoms with Gasteiger partial charge in [0.25, 0.3) is 0 Å². The molecular formula is C6H15N3O2S. The summed E-state index contributed by atoms with van der Waals surface area (Å²) in [4.78, 5) is 0. The second-order valence-electron chi connectivity index (χ2n) is 3.12. The van der Waals surface area contributed by atoms with Crippen molar-refractivity contribution in [2.75, 3.05) is 25.5 Å². The molecule has 1 fully saturated rings. The molecule has 0 saturated carbocycles. The summed E-state index contributed by atoms with van der Waals surface area (Å²) in [6, 6.07) is 0. The van der Waals surface area contributed by atoms with Gasteiger partial charge in [0, 0.05) is 0 Å². The maximum Gasteiger partial charge on any atom is 0.222 e. The zero-order chi connectivity index (χ0) is 9.03. The summed E-state index contributed by atoms with van der Waals surface area (Å²) < 4.78 is 20.9. The summed E-state index contributed by atoms with van der Waals surface area (Å²) >= 11 is 0. The highest BCUT2D eigenvalue weighted by molar-refractivity contribution is 7.89. The molecule has 1 saturated heterocycles. The van der Waals surface area contributed by atoms with Crippen molar-refractivity contribution in [3.63, 3.8) is 0 Å². The first-order valence-electron chi connectivity index (χ1n) is 4.00. The van der Waals surface area contributed by atoms with Crippen molar-refractivity contribution >= 4 is 10.0 Å². The van der Waals surface area contributed by atoms with E-state index >= 15 is 0 Å². The van der Waals surface area contributed by atoms with Crippen LogP contribution in [0.1, 0.15) is 6.42 Å². The van der Waals surface area contributed by atoms with Gasteiger partial charge >= 0.3 is 0 Å². The van der Waals surface area contributed by atoms with Gasteiger partial charge < -0.3 is 10.6 Å². The first-order valence-corrected chi connectivity index (χ1v) is 5.71. The molecule has 1 aliphatic rings. The molecule has 12 heavy (non-hydrogen) atoms. The van der Waals surface area contributed by atoms with Crippen molar-refractivity contribution in [1.82, 2.24) is 10.6 Å². The molecule has 0 aromatic heterocycles. The summed E-state index contributed by atoms with van der Waals surface area (Å²) in [7, 11) is -3.34. The number of sulfonamides is 1. The van der Waals surface area contributed by atoms with Crippen LogP contribution >= 0.6 is 0 Å². The molecule has 1 heterocycles. The summed E-state index contributed by atoms with van der Waals surface area (Å²) in [6.45, 7) is 2.83. The number of hydrogen-bond donors (Lipinski definition) is 3. The van der Waals surface area contributed by atoms with E-state index in [4.69, 9.17) is 5.14 Å². The van der Waals surface area contributed by atoms with Crippen molar-refractivity contribution in [3.8, 4) is 0 Å². The van der Waals surface area contributed by atoms with Crippen LogP contribution < -0.4 is 15.8 Å². The predicted molar refractivity (Wildman–Crippen MR) is 47.0 cm³/mol. The fourth-order valence-electron chi connectivity index (χ4n) is 1.07. The minimum atomic E-state index is -3.34. The summed E-state index contributed by atoms with van der Waals surface area (Å²) in [5.74, 6) is 0.589. The van der Waals surface area contributed by atoms with Gasteiger partial charge in [0.05, 0.1) is 0 Å². The van der Waals surface area contributed by atoms with Crippen LogP contribution in [0.5, 0.6) is 0 Å². The lowest BCUT2D eigenvalue weighted by Gasteiger charge is -2.26. The molecule has 0 atom stereocenters. The monoisotopic (exact) mass is 193 g/mol. The molecule has 5 nitrogen and oxygen atoms in total. The van der Waals surface area contributed by atoms with Crippen LogP contribution in [0.2, 0.25) is 0 Å². The van der Waals surface area contributed by atoms with Gasteiger partial charge in [0.1, 0.15) is 5.88 Å². The second kappa shape index (κ2) is 4.18. The van der Waals surface area contributed by atoms with Crippen molar-refractivity contribution in [1.29, 1.82) is 0 Å². The SMILES string of the molecule is NS(=O)(=O)CNCCC1CNC1. The molecule has 0 aromatic rings. The Morgan fingerprint density at radius 2 is 2.17 bits per heavy atom. The van der Waals surface area contributed by atoms with Crippen LogP contribution in [0.15, 0.2) is 0 Å². The fraction of sp³-hybridized carbons (Fsp3) is 1.00. The Balaban J connectivity index is 1.95. The maximum absolute atomic E-state index is 10.5. The predicted octanol–water partition coefficient (Wildman–Crippen LogP) is -1.57. The van der Waals surface area contributed by atoms with Crippen molar-refractivity contribution in [3.05, 3.63) is 0 Å². The average molecular weight is 193 g/mol. The molecule has 0 spiro atoms. The quantitative estimate of drug-likeness (QED) is 0.461. The van der Waals surface area contributed by atoms with E-state index < -0.39 is 10.0 Å². The lowest BCUT2D eigenvalue weighted by Crippen LogP contribution is -2.43. The largest absolute Gasteiger partial charge is 0.316 e. The summed E-state index contributed by atoms with van der Waals surface area (Å²) in [6.07, 6.45) is 1.02. The molecule has 0 bridgehead atoms. The third-order valence-corrected chi connectivity index (χ3v) is 2.51. The third-order valence-electron chi connectivity index (χ3n) is 1.90. The average Bonchev–Trinajstić information content (AvgIpc) is 1.80. The lowest BCUT2D eigenvalue weighted by atomic mass is 10.00. The van der Waals surface area contributed by atoms with Gasteiger partial charge in [0.15, 0.2) is 0 Å². The summed E-state index contributed by atoms with van der Waals surface area (Å²) in [5, 5.41) is 10.7. The molecule has 0 aromatic carbocycles. The Morgan fingerprint density at radius 1 is 1.50 bits per heavy atom. The zero-order valence-electron chi connectivity index (χ0n) is 6.91. The number of nitrogens with one attached hydrogen (secondary N) is 2. The number of hydrogen-bond acceptors (Lipinski definition) is 4. The highest BCUT2D eigenvalue weighted by Crippen LogP contribution is 2.05. The molecule has 0 aliphatic carbocycles. The minimum Gasteiger partial charge on any atom is -0.316 e. The first kappa shape index (κ1) is 9.91. The van der Waals surface area contributed by atoms with Crippen molar-refractivity contribution in [2.24, 2.45) is 11.1 Å². The van der Waals surface area contributed by atoms with Crippen LogP contribution in [-0.2, 0) is 10.0 Å². The van der Waals surface area contributed by atoms with E-state index in [1.165, 1.54) is 0 Å². The highest BCUT2D eigenvalue weighted by atomic mass is 32.2.